The van der Waals surface area contributed by atoms with Crippen molar-refractivity contribution >= 4 is 40.6 Å². The van der Waals surface area contributed by atoms with Gasteiger partial charge in [-0.25, -0.2) is 4.21 Å². The number of morpholine rings is 1. The summed E-state index contributed by atoms with van der Waals surface area (Å²) in [6, 6.07) is 11.9. The lowest BCUT2D eigenvalue weighted by Crippen LogP contribution is -2.35. The molecule has 0 saturated carbocycles. The number of benzene rings is 2. The number of anilines is 1. The number of nitrogens with one attached hydrogen (secondary N) is 1. The van der Waals surface area contributed by atoms with Gasteiger partial charge in [-0.05, 0) is 79.5 Å². The van der Waals surface area contributed by atoms with Gasteiger partial charge in [-0.2, -0.15) is 0 Å². The molecule has 5 atom stereocenters. The Morgan fingerprint density at radius 3 is 2.42 bits per heavy atom. The molecule has 2 amide bonds. The number of ether oxygens (including phenoxy) is 2. The van der Waals surface area contributed by atoms with Crippen molar-refractivity contribution in [2.45, 2.75) is 96.7 Å². The first-order valence-electron chi connectivity index (χ1n) is 18.0. The highest BCUT2D eigenvalue weighted by atomic mass is 35.5. The summed E-state index contributed by atoms with van der Waals surface area (Å²) < 4.78 is 27.3. The quantitative estimate of drug-likeness (QED) is 0.332. The SMILES string of the molecule is CCCc1cc(Cl)ccc1C1COc2ccc3cc2N(CCCCC(C)CCCCC(C)C(C)S(=O)NC3=O)C1.O=CN1CCOCC1. The van der Waals surface area contributed by atoms with Crippen molar-refractivity contribution in [1.82, 2.24) is 9.62 Å². The molecule has 0 aliphatic carbocycles. The van der Waals surface area contributed by atoms with Crippen LogP contribution in [0.4, 0.5) is 5.69 Å². The number of nitrogens with zero attached hydrogens (tertiary/aromatic N) is 2. The summed E-state index contributed by atoms with van der Waals surface area (Å²) in [7, 11) is -1.44. The Morgan fingerprint density at radius 1 is 0.979 bits per heavy atom. The zero-order valence-electron chi connectivity index (χ0n) is 29.4. The van der Waals surface area contributed by atoms with Crippen LogP contribution in [0.5, 0.6) is 5.75 Å². The average Bonchev–Trinajstić information content (AvgIpc) is 3.27. The van der Waals surface area contributed by atoms with E-state index < -0.39 is 11.0 Å². The van der Waals surface area contributed by atoms with E-state index in [4.69, 9.17) is 21.1 Å². The Labute approximate surface area is 295 Å². The molecule has 1 fully saturated rings. The van der Waals surface area contributed by atoms with Gasteiger partial charge in [-0.3, -0.25) is 14.3 Å². The number of hydrogen-bond donors (Lipinski definition) is 1. The van der Waals surface area contributed by atoms with Crippen molar-refractivity contribution in [2.24, 2.45) is 11.8 Å². The second kappa shape index (κ2) is 19.5. The third kappa shape index (κ3) is 11.2. The van der Waals surface area contributed by atoms with E-state index in [2.05, 4.69) is 42.5 Å². The fourth-order valence-electron chi connectivity index (χ4n) is 6.76. The van der Waals surface area contributed by atoms with Crippen LogP contribution in [0.25, 0.3) is 0 Å². The number of fused-ring (bicyclic) bond motifs is 1. The molecular formula is C38H56ClN3O5S. The monoisotopic (exact) mass is 701 g/mol. The number of carbonyl (C=O) groups excluding carboxylic acids is 2. The molecule has 48 heavy (non-hydrogen) atoms. The largest absolute Gasteiger partial charge is 0.491 e. The molecule has 3 aliphatic heterocycles. The van der Waals surface area contributed by atoms with Crippen LogP contribution < -0.4 is 14.4 Å². The molecule has 0 radical (unpaired) electrons. The predicted octanol–water partition coefficient (Wildman–Crippen LogP) is 7.55. The average molecular weight is 702 g/mol. The third-order valence-electron chi connectivity index (χ3n) is 10.0. The van der Waals surface area contributed by atoms with Crippen LogP contribution in [-0.4, -0.2) is 72.7 Å². The van der Waals surface area contributed by atoms with Gasteiger partial charge in [0.2, 0.25) is 6.41 Å². The Morgan fingerprint density at radius 2 is 1.71 bits per heavy atom. The number of hydrogen-bond acceptors (Lipinski definition) is 6. The summed E-state index contributed by atoms with van der Waals surface area (Å²) in [4.78, 5) is 27.4. The first kappa shape index (κ1) is 38.2. The zero-order chi connectivity index (χ0) is 34.5. The van der Waals surface area contributed by atoms with Crippen LogP contribution in [0.2, 0.25) is 5.02 Å². The molecule has 3 aliphatic rings. The van der Waals surface area contributed by atoms with Crippen molar-refractivity contribution in [2.75, 3.05) is 50.9 Å². The molecule has 0 aromatic heterocycles. The van der Waals surface area contributed by atoms with E-state index in [1.807, 2.05) is 25.1 Å². The topological polar surface area (TPSA) is 88.2 Å². The first-order valence-corrected chi connectivity index (χ1v) is 19.6. The number of halogens is 1. The lowest BCUT2D eigenvalue weighted by molar-refractivity contribution is -0.121. The first-order chi connectivity index (χ1) is 23.2. The Balaban J connectivity index is 0.000000569. The molecule has 2 bridgehead atoms. The van der Waals surface area contributed by atoms with Gasteiger partial charge < -0.3 is 19.3 Å². The molecule has 2 aromatic rings. The number of amides is 2. The van der Waals surface area contributed by atoms with Gasteiger partial charge in [0.1, 0.15) is 16.7 Å². The van der Waals surface area contributed by atoms with E-state index in [1.54, 1.807) is 11.0 Å². The highest BCUT2D eigenvalue weighted by Crippen LogP contribution is 2.37. The molecule has 1 N–H and O–H groups in total. The highest BCUT2D eigenvalue weighted by molar-refractivity contribution is 7.84. The van der Waals surface area contributed by atoms with Gasteiger partial charge in [0.05, 0.1) is 30.8 Å². The van der Waals surface area contributed by atoms with Gasteiger partial charge in [-0.1, -0.05) is 77.0 Å². The second-order valence-electron chi connectivity index (χ2n) is 13.8. The molecule has 0 spiro atoms. The van der Waals surface area contributed by atoms with Crippen LogP contribution in [-0.2, 0) is 26.9 Å². The van der Waals surface area contributed by atoms with E-state index in [-0.39, 0.29) is 23.0 Å². The highest BCUT2D eigenvalue weighted by Gasteiger charge is 2.28. The summed E-state index contributed by atoms with van der Waals surface area (Å²) in [5.41, 5.74) is 4.05. The van der Waals surface area contributed by atoms with Crippen LogP contribution in [0, 0.1) is 11.8 Å². The van der Waals surface area contributed by atoms with Crippen molar-refractivity contribution in [1.29, 1.82) is 0 Å². The van der Waals surface area contributed by atoms with E-state index in [9.17, 15) is 13.8 Å². The summed E-state index contributed by atoms with van der Waals surface area (Å²) in [5.74, 6) is 1.70. The summed E-state index contributed by atoms with van der Waals surface area (Å²) >= 11 is 6.38. The third-order valence-corrected chi connectivity index (χ3v) is 11.8. The summed E-state index contributed by atoms with van der Waals surface area (Å²) in [5, 5.41) is 0.672. The van der Waals surface area contributed by atoms with Gasteiger partial charge in [-0.15, -0.1) is 0 Å². The minimum atomic E-state index is -1.44. The van der Waals surface area contributed by atoms with Crippen molar-refractivity contribution in [3.63, 3.8) is 0 Å². The molecule has 10 heteroatoms. The second-order valence-corrected chi connectivity index (χ2v) is 15.8. The summed E-state index contributed by atoms with van der Waals surface area (Å²) in [6.45, 7) is 13.9. The summed E-state index contributed by atoms with van der Waals surface area (Å²) in [6.07, 6.45) is 11.0. The van der Waals surface area contributed by atoms with E-state index in [0.717, 1.165) is 81.2 Å². The minimum absolute atomic E-state index is 0.0987. The van der Waals surface area contributed by atoms with Crippen molar-refractivity contribution < 1.29 is 23.3 Å². The van der Waals surface area contributed by atoms with Crippen molar-refractivity contribution in [3.8, 4) is 5.75 Å². The van der Waals surface area contributed by atoms with Gasteiger partial charge in [0.15, 0.2) is 0 Å². The van der Waals surface area contributed by atoms with Gasteiger partial charge in [0, 0.05) is 42.7 Å². The van der Waals surface area contributed by atoms with E-state index in [1.165, 1.54) is 36.8 Å². The molecule has 2 aromatic carbocycles. The number of rotatable bonds is 4. The molecule has 1 saturated heterocycles. The number of carbonyl (C=O) groups is 2. The van der Waals surface area contributed by atoms with Crippen LogP contribution >= 0.6 is 11.6 Å². The van der Waals surface area contributed by atoms with E-state index >= 15 is 0 Å². The predicted molar refractivity (Wildman–Crippen MR) is 197 cm³/mol. The van der Waals surface area contributed by atoms with E-state index in [0.29, 0.717) is 31.3 Å². The van der Waals surface area contributed by atoms with Crippen LogP contribution in [0.1, 0.15) is 106 Å². The molecule has 3 heterocycles. The maximum absolute atomic E-state index is 13.2. The lowest BCUT2D eigenvalue weighted by Gasteiger charge is -2.28. The fourth-order valence-corrected chi connectivity index (χ4v) is 8.00. The van der Waals surface area contributed by atoms with Gasteiger partial charge >= 0.3 is 0 Å². The molecule has 8 nitrogen and oxygen atoms in total. The Kier molecular flexibility index (Phi) is 15.5. The minimum Gasteiger partial charge on any atom is -0.491 e. The molecule has 266 valence electrons. The van der Waals surface area contributed by atoms with Gasteiger partial charge in [0.25, 0.3) is 5.91 Å². The van der Waals surface area contributed by atoms with Crippen LogP contribution in [0.15, 0.2) is 36.4 Å². The Hall–Kier alpha value is -2.62. The lowest BCUT2D eigenvalue weighted by atomic mass is 9.92. The fraction of sp³-hybridized carbons (Fsp3) is 0.632. The zero-order valence-corrected chi connectivity index (χ0v) is 31.0. The normalized spacial score (nSPS) is 26.0. The standard InChI is InChI=1S/C33H47ClN2O3S.C5H9NO2/c1-5-10-26-19-29(34)15-16-30(26)28-21-36-18-9-8-12-23(2)11-6-7-13-24(3)25(4)40(38)35-33(37)27-14-17-32(39-22-28)31(36)20-27;7-5-6-1-3-8-4-2-6/h14-17,19-20,23-25,28H,5-13,18,21-22H2,1-4H3,(H,35,37);5H,1-4H2. The Bertz CT molecular complexity index is 1350. The smallest absolute Gasteiger partial charge is 0.263 e. The molecule has 5 unspecified atom stereocenters. The maximum Gasteiger partial charge on any atom is 0.263 e. The van der Waals surface area contributed by atoms with Crippen LogP contribution in [0.3, 0.4) is 0 Å². The number of aryl methyl sites for hydroxylation is 1. The molecule has 5 rings (SSSR count). The maximum atomic E-state index is 13.2. The molecular weight excluding hydrogens is 646 g/mol. The van der Waals surface area contributed by atoms with Crippen molar-refractivity contribution in [3.05, 3.63) is 58.1 Å².